The van der Waals surface area contributed by atoms with E-state index >= 15 is 0 Å². The summed E-state index contributed by atoms with van der Waals surface area (Å²) in [6.07, 6.45) is 3.57. The van der Waals surface area contributed by atoms with Gasteiger partial charge in [-0.25, -0.2) is 0 Å². The lowest BCUT2D eigenvalue weighted by molar-refractivity contribution is -0.156. The molecule has 100 valence electrons. The van der Waals surface area contributed by atoms with E-state index in [0.717, 1.165) is 11.1 Å². The molecule has 0 saturated carbocycles. The lowest BCUT2D eigenvalue weighted by atomic mass is 9.83. The van der Waals surface area contributed by atoms with Crippen LogP contribution in [0.3, 0.4) is 0 Å². The van der Waals surface area contributed by atoms with Crippen LogP contribution in [0.4, 0.5) is 0 Å². The quantitative estimate of drug-likeness (QED) is 0.720. The maximum absolute atomic E-state index is 11.9. The van der Waals surface area contributed by atoms with Crippen LogP contribution in [-0.4, -0.2) is 25.2 Å². The molecule has 0 saturated heterocycles. The van der Waals surface area contributed by atoms with E-state index in [1.165, 1.54) is 0 Å². The van der Waals surface area contributed by atoms with Gasteiger partial charge < -0.3 is 9.47 Å². The van der Waals surface area contributed by atoms with Gasteiger partial charge in [-0.05, 0) is 27.7 Å². The molecule has 0 spiro atoms. The minimum Gasteiger partial charge on any atom is -0.466 e. The second kappa shape index (κ2) is 6.38. The molecule has 0 aromatic rings. The smallest absolute Gasteiger partial charge is 0.314 e. The van der Waals surface area contributed by atoms with Crippen molar-refractivity contribution in [2.75, 3.05) is 13.2 Å². The molecule has 1 aliphatic rings. The van der Waals surface area contributed by atoms with Gasteiger partial charge in [0, 0.05) is 0 Å². The summed E-state index contributed by atoms with van der Waals surface area (Å²) in [6.45, 7) is 7.94. The minimum absolute atomic E-state index is 0.306. The molecular weight excluding hydrogens is 232 g/mol. The number of carbonyl (C=O) groups excluding carboxylic acids is 2. The minimum atomic E-state index is -0.576. The van der Waals surface area contributed by atoms with Crippen molar-refractivity contribution in [3.63, 3.8) is 0 Å². The summed E-state index contributed by atoms with van der Waals surface area (Å²) in [6, 6.07) is 0. The Morgan fingerprint density at radius 3 is 1.56 bits per heavy atom. The largest absolute Gasteiger partial charge is 0.466 e. The number of hydrogen-bond donors (Lipinski definition) is 0. The molecule has 0 N–H and O–H groups in total. The van der Waals surface area contributed by atoms with Crippen LogP contribution in [0.15, 0.2) is 23.3 Å². The van der Waals surface area contributed by atoms with Gasteiger partial charge in [-0.1, -0.05) is 23.3 Å². The van der Waals surface area contributed by atoms with Crippen molar-refractivity contribution in [1.29, 1.82) is 0 Å². The number of allylic oxidation sites excluding steroid dienone is 2. The first-order chi connectivity index (χ1) is 8.51. The monoisotopic (exact) mass is 252 g/mol. The van der Waals surface area contributed by atoms with E-state index in [1.807, 2.05) is 13.8 Å². The van der Waals surface area contributed by atoms with Gasteiger partial charge in [-0.2, -0.15) is 0 Å². The van der Waals surface area contributed by atoms with Crippen molar-refractivity contribution in [2.24, 2.45) is 11.8 Å². The summed E-state index contributed by atoms with van der Waals surface area (Å²) in [5, 5.41) is 0. The summed E-state index contributed by atoms with van der Waals surface area (Å²) < 4.78 is 10.0. The highest BCUT2D eigenvalue weighted by Gasteiger charge is 2.35. The van der Waals surface area contributed by atoms with Crippen LogP contribution in [0.5, 0.6) is 0 Å². The highest BCUT2D eigenvalue weighted by molar-refractivity contribution is 5.86. The van der Waals surface area contributed by atoms with Gasteiger partial charge in [0.2, 0.25) is 0 Å². The standard InChI is InChI=1S/C14H20O4/c1-5-17-13(15)11-7-9(3)10(4)8-12(11)14(16)18-6-2/h7-8,11-12H,5-6H2,1-4H3. The Morgan fingerprint density at radius 1 is 0.944 bits per heavy atom. The van der Waals surface area contributed by atoms with Gasteiger partial charge in [-0.3, -0.25) is 9.59 Å². The topological polar surface area (TPSA) is 52.6 Å². The highest BCUT2D eigenvalue weighted by atomic mass is 16.5. The fraction of sp³-hybridized carbons (Fsp3) is 0.571. The zero-order valence-electron chi connectivity index (χ0n) is 11.4. The Labute approximate surface area is 108 Å². The molecule has 18 heavy (non-hydrogen) atoms. The van der Waals surface area contributed by atoms with Crippen molar-refractivity contribution in [3.05, 3.63) is 23.3 Å². The normalized spacial score (nSPS) is 22.9. The Hall–Kier alpha value is -1.58. The molecule has 2 unspecified atom stereocenters. The molecule has 0 aromatic heterocycles. The molecule has 0 amide bonds. The van der Waals surface area contributed by atoms with E-state index in [9.17, 15) is 9.59 Å². The summed E-state index contributed by atoms with van der Waals surface area (Å²) in [5.74, 6) is -1.90. The van der Waals surface area contributed by atoms with Crippen molar-refractivity contribution in [3.8, 4) is 0 Å². The molecule has 2 atom stereocenters. The fourth-order valence-corrected chi connectivity index (χ4v) is 1.92. The number of esters is 2. The Kier molecular flexibility index (Phi) is 5.13. The third-order valence-corrected chi connectivity index (χ3v) is 2.99. The van der Waals surface area contributed by atoms with E-state index < -0.39 is 11.8 Å². The average Bonchev–Trinajstić information content (AvgIpc) is 2.32. The fourth-order valence-electron chi connectivity index (χ4n) is 1.92. The molecule has 0 aliphatic heterocycles. The SMILES string of the molecule is CCOC(=O)C1C=C(C)C(C)=CC1C(=O)OCC. The molecule has 4 nitrogen and oxygen atoms in total. The first kappa shape index (κ1) is 14.5. The highest BCUT2D eigenvalue weighted by Crippen LogP contribution is 2.29. The van der Waals surface area contributed by atoms with Gasteiger partial charge in [0.25, 0.3) is 0 Å². The van der Waals surface area contributed by atoms with Crippen LogP contribution in [0.2, 0.25) is 0 Å². The molecule has 0 heterocycles. The molecule has 1 aliphatic carbocycles. The van der Waals surface area contributed by atoms with Crippen molar-refractivity contribution < 1.29 is 19.1 Å². The summed E-state index contributed by atoms with van der Waals surface area (Å²) >= 11 is 0. The molecule has 0 fully saturated rings. The second-order valence-corrected chi connectivity index (χ2v) is 4.26. The number of carbonyl (C=O) groups is 2. The zero-order valence-corrected chi connectivity index (χ0v) is 11.4. The molecular formula is C14H20O4. The molecule has 1 rings (SSSR count). The van der Waals surface area contributed by atoms with Crippen molar-refractivity contribution >= 4 is 11.9 Å². The number of hydrogen-bond acceptors (Lipinski definition) is 4. The molecule has 0 radical (unpaired) electrons. The van der Waals surface area contributed by atoms with E-state index in [2.05, 4.69) is 0 Å². The van der Waals surface area contributed by atoms with Gasteiger partial charge in [-0.15, -0.1) is 0 Å². The predicted octanol–water partition coefficient (Wildman–Crippen LogP) is 2.25. The van der Waals surface area contributed by atoms with Crippen LogP contribution in [0.25, 0.3) is 0 Å². The third-order valence-electron chi connectivity index (χ3n) is 2.99. The summed E-state index contributed by atoms with van der Waals surface area (Å²) in [7, 11) is 0. The Balaban J connectivity index is 2.96. The van der Waals surface area contributed by atoms with E-state index in [4.69, 9.17) is 9.47 Å². The van der Waals surface area contributed by atoms with Crippen LogP contribution >= 0.6 is 0 Å². The van der Waals surface area contributed by atoms with E-state index in [0.29, 0.717) is 13.2 Å². The molecule has 4 heteroatoms. The van der Waals surface area contributed by atoms with E-state index in [-0.39, 0.29) is 11.9 Å². The first-order valence-electron chi connectivity index (χ1n) is 6.21. The molecule has 0 aromatic carbocycles. The maximum atomic E-state index is 11.9. The third kappa shape index (κ3) is 3.22. The van der Waals surface area contributed by atoms with Crippen molar-refractivity contribution in [1.82, 2.24) is 0 Å². The first-order valence-corrected chi connectivity index (χ1v) is 6.21. The van der Waals surface area contributed by atoms with Gasteiger partial charge >= 0.3 is 11.9 Å². The lowest BCUT2D eigenvalue weighted by Gasteiger charge is -2.24. The zero-order chi connectivity index (χ0) is 13.7. The van der Waals surface area contributed by atoms with Crippen molar-refractivity contribution in [2.45, 2.75) is 27.7 Å². The van der Waals surface area contributed by atoms with Gasteiger partial charge in [0.05, 0.1) is 25.0 Å². The predicted molar refractivity (Wildman–Crippen MR) is 67.8 cm³/mol. The summed E-state index contributed by atoms with van der Waals surface area (Å²) in [5.41, 5.74) is 1.99. The Bertz CT molecular complexity index is 355. The maximum Gasteiger partial charge on any atom is 0.314 e. The van der Waals surface area contributed by atoms with Crippen LogP contribution in [0, 0.1) is 11.8 Å². The number of ether oxygens (including phenoxy) is 2. The van der Waals surface area contributed by atoms with E-state index in [1.54, 1.807) is 26.0 Å². The Morgan fingerprint density at radius 2 is 1.28 bits per heavy atom. The average molecular weight is 252 g/mol. The lowest BCUT2D eigenvalue weighted by Crippen LogP contribution is -2.32. The van der Waals surface area contributed by atoms with Gasteiger partial charge in [0.1, 0.15) is 0 Å². The molecule has 0 bridgehead atoms. The second-order valence-electron chi connectivity index (χ2n) is 4.26. The van der Waals surface area contributed by atoms with Gasteiger partial charge in [0.15, 0.2) is 0 Å². The summed E-state index contributed by atoms with van der Waals surface area (Å²) in [4.78, 5) is 23.7. The van der Waals surface area contributed by atoms with Crippen LogP contribution in [0.1, 0.15) is 27.7 Å². The number of rotatable bonds is 4. The van der Waals surface area contributed by atoms with Crippen LogP contribution in [-0.2, 0) is 19.1 Å². The van der Waals surface area contributed by atoms with Crippen LogP contribution < -0.4 is 0 Å².